The highest BCUT2D eigenvalue weighted by Gasteiger charge is 2.31. The predicted molar refractivity (Wildman–Crippen MR) is 123 cm³/mol. The predicted octanol–water partition coefficient (Wildman–Crippen LogP) is 5.23. The molecule has 1 fully saturated rings. The van der Waals surface area contributed by atoms with Gasteiger partial charge in [0.1, 0.15) is 9.88 Å². The van der Waals surface area contributed by atoms with Crippen LogP contribution in [0.25, 0.3) is 10.6 Å². The second-order valence-electron chi connectivity index (χ2n) is 7.91. The summed E-state index contributed by atoms with van der Waals surface area (Å²) in [5, 5.41) is 0.812. The average molecular weight is 440 g/mol. The Hall–Kier alpha value is -2.80. The summed E-state index contributed by atoms with van der Waals surface area (Å²) >= 11 is 1.45. The van der Waals surface area contributed by atoms with Crippen LogP contribution in [0.5, 0.6) is 11.5 Å². The highest BCUT2D eigenvalue weighted by atomic mass is 32.1. The zero-order chi connectivity index (χ0) is 22.0. The number of hydrogen-bond donors (Lipinski definition) is 0. The first-order valence-electron chi connectivity index (χ1n) is 10.7. The number of amides is 1. The topological polar surface area (TPSA) is 56.6 Å². The number of nitrogens with zero attached hydrogens (tertiary/aromatic N) is 3. The first-order chi connectivity index (χ1) is 15.0. The molecular formula is C24H29N3O3S. The van der Waals surface area contributed by atoms with Crippen LogP contribution >= 0.6 is 11.3 Å². The summed E-state index contributed by atoms with van der Waals surface area (Å²) in [6.45, 7) is 2.70. The number of methoxy groups -OCH3 is 2. The van der Waals surface area contributed by atoms with Crippen LogP contribution in [0, 0.1) is 6.92 Å². The maximum absolute atomic E-state index is 13.7. The van der Waals surface area contributed by atoms with Gasteiger partial charge in [-0.15, -0.1) is 11.3 Å². The molecular weight excluding hydrogens is 410 g/mol. The minimum atomic E-state index is 0.0785. The molecule has 3 aromatic rings. The number of hydrogen-bond acceptors (Lipinski definition) is 5. The third kappa shape index (κ3) is 4.19. The molecule has 3 heterocycles. The molecule has 0 spiro atoms. The van der Waals surface area contributed by atoms with E-state index in [0.29, 0.717) is 16.4 Å². The number of carbonyl (C=O) groups is 1. The zero-order valence-electron chi connectivity index (χ0n) is 18.6. The minimum absolute atomic E-state index is 0.0785. The largest absolute Gasteiger partial charge is 0.493 e. The lowest BCUT2D eigenvalue weighted by Gasteiger charge is -2.30. The van der Waals surface area contributed by atoms with Gasteiger partial charge in [-0.3, -0.25) is 4.79 Å². The second kappa shape index (κ2) is 9.14. The molecule has 0 saturated carbocycles. The number of aromatic nitrogens is 2. The molecule has 7 heteroatoms. The summed E-state index contributed by atoms with van der Waals surface area (Å²) in [6, 6.07) is 10.0. The van der Waals surface area contributed by atoms with Crippen LogP contribution in [0.15, 0.2) is 36.5 Å². The van der Waals surface area contributed by atoms with E-state index in [1.807, 2.05) is 25.1 Å². The fraction of sp³-hybridized carbons (Fsp3) is 0.417. The summed E-state index contributed by atoms with van der Waals surface area (Å²) in [6.07, 6.45) is 6.37. The maximum Gasteiger partial charge on any atom is 0.266 e. The van der Waals surface area contributed by atoms with Gasteiger partial charge in [0, 0.05) is 31.0 Å². The highest BCUT2D eigenvalue weighted by Crippen LogP contribution is 2.37. The highest BCUT2D eigenvalue weighted by molar-refractivity contribution is 7.17. The molecule has 1 atom stereocenters. The lowest BCUT2D eigenvalue weighted by molar-refractivity contribution is 0.0678. The Morgan fingerprint density at radius 3 is 2.65 bits per heavy atom. The van der Waals surface area contributed by atoms with Crippen LogP contribution in [-0.4, -0.2) is 41.1 Å². The molecule has 1 aliphatic rings. The Kier molecular flexibility index (Phi) is 6.32. The molecule has 6 nitrogen and oxygen atoms in total. The van der Waals surface area contributed by atoms with Crippen molar-refractivity contribution in [1.82, 2.24) is 14.5 Å². The number of likely N-dealkylation sites (tertiary alicyclic amines) is 1. The molecule has 0 bridgehead atoms. The van der Waals surface area contributed by atoms with Crippen molar-refractivity contribution >= 4 is 17.2 Å². The van der Waals surface area contributed by atoms with Gasteiger partial charge in [0.25, 0.3) is 5.91 Å². The van der Waals surface area contributed by atoms with Gasteiger partial charge in [0.2, 0.25) is 0 Å². The van der Waals surface area contributed by atoms with Gasteiger partial charge in [-0.1, -0.05) is 12.8 Å². The van der Waals surface area contributed by atoms with E-state index in [1.54, 1.807) is 14.2 Å². The van der Waals surface area contributed by atoms with Crippen LogP contribution < -0.4 is 9.47 Å². The van der Waals surface area contributed by atoms with E-state index < -0.39 is 0 Å². The van der Waals surface area contributed by atoms with Gasteiger partial charge in [-0.2, -0.15) is 0 Å². The van der Waals surface area contributed by atoms with Gasteiger partial charge in [0.05, 0.1) is 26.0 Å². The average Bonchev–Trinajstić information content (AvgIpc) is 3.30. The van der Waals surface area contributed by atoms with Crippen molar-refractivity contribution < 1.29 is 14.3 Å². The third-order valence-electron chi connectivity index (χ3n) is 5.96. The number of thiazole rings is 1. The van der Waals surface area contributed by atoms with Gasteiger partial charge in [-0.25, -0.2) is 4.98 Å². The third-order valence-corrected chi connectivity index (χ3v) is 7.15. The maximum atomic E-state index is 13.7. The van der Waals surface area contributed by atoms with Crippen molar-refractivity contribution in [3.8, 4) is 22.1 Å². The van der Waals surface area contributed by atoms with E-state index in [2.05, 4.69) is 34.8 Å². The number of benzene rings is 1. The number of rotatable bonds is 5. The van der Waals surface area contributed by atoms with Crippen molar-refractivity contribution in [2.75, 3.05) is 20.8 Å². The van der Waals surface area contributed by atoms with Crippen molar-refractivity contribution in [3.63, 3.8) is 0 Å². The van der Waals surface area contributed by atoms with Crippen molar-refractivity contribution in [1.29, 1.82) is 0 Å². The van der Waals surface area contributed by atoms with E-state index in [-0.39, 0.29) is 11.9 Å². The normalized spacial score (nSPS) is 16.8. The fourth-order valence-corrected chi connectivity index (χ4v) is 5.32. The van der Waals surface area contributed by atoms with Gasteiger partial charge >= 0.3 is 0 Å². The van der Waals surface area contributed by atoms with E-state index >= 15 is 0 Å². The molecule has 4 rings (SSSR count). The second-order valence-corrected chi connectivity index (χ2v) is 8.91. The Morgan fingerprint density at radius 1 is 1.13 bits per heavy atom. The first-order valence-corrected chi connectivity index (χ1v) is 11.5. The Bertz CT molecular complexity index is 1070. The molecule has 1 unspecified atom stereocenters. The number of aryl methyl sites for hydroxylation is 2. The number of carbonyl (C=O) groups excluding carboxylic acids is 1. The van der Waals surface area contributed by atoms with Crippen LogP contribution in [0.4, 0.5) is 0 Å². The summed E-state index contributed by atoms with van der Waals surface area (Å²) in [7, 11) is 5.29. The standard InChI is InChI=1S/C24H29N3O3S/c1-16-22(31-23(25-16)17-11-12-20(29-3)21(15-17)30-4)24(28)27-14-7-5-6-9-19(27)18-10-8-13-26(18)2/h8,10-13,15,19H,5-7,9,14H2,1-4H3. The monoisotopic (exact) mass is 439 g/mol. The molecule has 1 aromatic carbocycles. The summed E-state index contributed by atoms with van der Waals surface area (Å²) in [5.41, 5.74) is 2.88. The zero-order valence-corrected chi connectivity index (χ0v) is 19.4. The molecule has 1 saturated heterocycles. The lowest BCUT2D eigenvalue weighted by Crippen LogP contribution is -2.35. The molecule has 1 aliphatic heterocycles. The van der Waals surface area contributed by atoms with Gasteiger partial charge in [-0.05, 0) is 50.1 Å². The van der Waals surface area contributed by atoms with Crippen molar-refractivity contribution in [3.05, 3.63) is 52.8 Å². The fourth-order valence-electron chi connectivity index (χ4n) is 4.30. The lowest BCUT2D eigenvalue weighted by atomic mass is 10.1. The van der Waals surface area contributed by atoms with E-state index in [9.17, 15) is 4.79 Å². The summed E-state index contributed by atoms with van der Waals surface area (Å²) in [5.74, 6) is 1.40. The first kappa shape index (κ1) is 21.4. The van der Waals surface area contributed by atoms with Crippen LogP contribution in [0.1, 0.15) is 52.8 Å². The Balaban J connectivity index is 1.67. The summed E-state index contributed by atoms with van der Waals surface area (Å²) in [4.78, 5) is 21.2. The number of ether oxygens (including phenoxy) is 2. The van der Waals surface area contributed by atoms with E-state index in [4.69, 9.17) is 14.5 Å². The molecule has 1 amide bonds. The quantitative estimate of drug-likeness (QED) is 0.546. The van der Waals surface area contributed by atoms with Crippen LogP contribution in [0.3, 0.4) is 0 Å². The van der Waals surface area contributed by atoms with E-state index in [0.717, 1.165) is 48.5 Å². The minimum Gasteiger partial charge on any atom is -0.493 e. The SMILES string of the molecule is COc1ccc(-c2nc(C)c(C(=O)N3CCCCCC3c3cccn3C)s2)cc1OC. The van der Waals surface area contributed by atoms with E-state index in [1.165, 1.54) is 17.0 Å². The van der Waals surface area contributed by atoms with Gasteiger partial charge < -0.3 is 18.9 Å². The molecule has 164 valence electrons. The summed E-state index contributed by atoms with van der Waals surface area (Å²) < 4.78 is 12.9. The Morgan fingerprint density at radius 2 is 1.94 bits per heavy atom. The van der Waals surface area contributed by atoms with Crippen molar-refractivity contribution in [2.24, 2.45) is 7.05 Å². The van der Waals surface area contributed by atoms with Crippen LogP contribution in [-0.2, 0) is 7.05 Å². The molecule has 31 heavy (non-hydrogen) atoms. The van der Waals surface area contributed by atoms with Crippen LogP contribution in [0.2, 0.25) is 0 Å². The smallest absolute Gasteiger partial charge is 0.266 e. The molecule has 0 N–H and O–H groups in total. The molecule has 0 radical (unpaired) electrons. The molecule has 0 aliphatic carbocycles. The van der Waals surface area contributed by atoms with Crippen molar-refractivity contribution in [2.45, 2.75) is 38.6 Å². The Labute approximate surface area is 187 Å². The molecule has 2 aromatic heterocycles. The van der Waals surface area contributed by atoms with Gasteiger partial charge in [0.15, 0.2) is 11.5 Å².